The lowest BCUT2D eigenvalue weighted by atomic mass is 10.1. The molecule has 0 aliphatic carbocycles. The number of hydrogen-bond acceptors (Lipinski definition) is 7. The Morgan fingerprint density at radius 1 is 0.946 bits per heavy atom. The van der Waals surface area contributed by atoms with Crippen LogP contribution in [-0.2, 0) is 12.7 Å². The fourth-order valence-electron chi connectivity index (χ4n) is 4.55. The molecular formula is C25H23F4N7O. The maximum Gasteiger partial charge on any atom is 0.418 e. The van der Waals surface area contributed by atoms with Crippen molar-refractivity contribution in [2.75, 3.05) is 36.0 Å². The summed E-state index contributed by atoms with van der Waals surface area (Å²) < 4.78 is 55.9. The van der Waals surface area contributed by atoms with E-state index in [9.17, 15) is 22.4 Å². The molecule has 12 heteroatoms. The number of aryl methyl sites for hydroxylation is 2. The first-order chi connectivity index (χ1) is 17.6. The molecule has 192 valence electrons. The first-order valence-electron chi connectivity index (χ1n) is 11.6. The van der Waals surface area contributed by atoms with E-state index in [1.807, 2.05) is 9.80 Å². The number of piperazine rings is 1. The molecule has 0 atom stereocenters. The third-order valence-electron chi connectivity index (χ3n) is 6.39. The highest BCUT2D eigenvalue weighted by Crippen LogP contribution is 2.31. The molecule has 0 unspecified atom stereocenters. The van der Waals surface area contributed by atoms with Crippen molar-refractivity contribution in [1.82, 2.24) is 24.5 Å². The van der Waals surface area contributed by atoms with Crippen LogP contribution in [0.15, 0.2) is 47.7 Å². The maximum absolute atomic E-state index is 13.8. The van der Waals surface area contributed by atoms with Crippen LogP contribution in [0.2, 0.25) is 0 Å². The van der Waals surface area contributed by atoms with E-state index in [4.69, 9.17) is 0 Å². The molecule has 1 fully saturated rings. The number of alkyl halides is 3. The number of nitrogens with zero attached hydrogens (tertiary/aromatic N) is 7. The van der Waals surface area contributed by atoms with Gasteiger partial charge in [-0.05, 0) is 32.0 Å². The Morgan fingerprint density at radius 2 is 1.65 bits per heavy atom. The van der Waals surface area contributed by atoms with Crippen LogP contribution in [0, 0.1) is 19.7 Å². The van der Waals surface area contributed by atoms with Crippen molar-refractivity contribution in [3.05, 3.63) is 81.7 Å². The van der Waals surface area contributed by atoms with Gasteiger partial charge in [0.15, 0.2) is 5.65 Å². The van der Waals surface area contributed by atoms with Crippen molar-refractivity contribution < 1.29 is 17.6 Å². The topological polar surface area (TPSA) is 80.0 Å². The van der Waals surface area contributed by atoms with Crippen molar-refractivity contribution in [1.29, 1.82) is 0 Å². The second-order valence-electron chi connectivity index (χ2n) is 8.87. The van der Waals surface area contributed by atoms with Gasteiger partial charge >= 0.3 is 6.18 Å². The first kappa shape index (κ1) is 24.6. The second kappa shape index (κ2) is 9.41. The Hall–Kier alpha value is -4.09. The van der Waals surface area contributed by atoms with Crippen molar-refractivity contribution in [3.63, 3.8) is 0 Å². The number of pyridine rings is 3. The highest BCUT2D eigenvalue weighted by Gasteiger charge is 2.34. The summed E-state index contributed by atoms with van der Waals surface area (Å²) in [5.41, 5.74) is 1.12. The van der Waals surface area contributed by atoms with Crippen molar-refractivity contribution in [2.45, 2.75) is 26.6 Å². The zero-order valence-corrected chi connectivity index (χ0v) is 20.1. The third kappa shape index (κ3) is 4.83. The first-order valence-corrected chi connectivity index (χ1v) is 11.6. The molecular weight excluding hydrogens is 490 g/mol. The van der Waals surface area contributed by atoms with E-state index in [-0.39, 0.29) is 11.3 Å². The van der Waals surface area contributed by atoms with Crippen LogP contribution in [0.4, 0.5) is 28.9 Å². The highest BCUT2D eigenvalue weighted by atomic mass is 19.4. The van der Waals surface area contributed by atoms with E-state index in [1.165, 1.54) is 29.1 Å². The lowest BCUT2D eigenvalue weighted by Crippen LogP contribution is -2.48. The molecule has 0 amide bonds. The summed E-state index contributed by atoms with van der Waals surface area (Å²) in [6, 6.07) is 5.21. The molecule has 37 heavy (non-hydrogen) atoms. The van der Waals surface area contributed by atoms with Gasteiger partial charge in [-0.15, -0.1) is 0 Å². The molecule has 1 aliphatic heterocycles. The number of aromatic nitrogens is 5. The largest absolute Gasteiger partial charge is 0.418 e. The minimum Gasteiger partial charge on any atom is -0.366 e. The van der Waals surface area contributed by atoms with Gasteiger partial charge < -0.3 is 9.80 Å². The molecule has 8 nitrogen and oxygen atoms in total. The molecule has 0 aromatic carbocycles. The Labute approximate surface area is 209 Å². The molecule has 0 N–H and O–H groups in total. The van der Waals surface area contributed by atoms with Gasteiger partial charge in [-0.1, -0.05) is 0 Å². The molecule has 0 radical (unpaired) electrons. The fraction of sp³-hybridized carbons (Fsp3) is 0.320. The molecule has 0 bridgehead atoms. The minimum atomic E-state index is -4.62. The predicted octanol–water partition coefficient (Wildman–Crippen LogP) is 3.73. The summed E-state index contributed by atoms with van der Waals surface area (Å²) >= 11 is 0. The van der Waals surface area contributed by atoms with E-state index in [2.05, 4.69) is 19.9 Å². The number of hydrogen-bond donors (Lipinski definition) is 0. The van der Waals surface area contributed by atoms with E-state index in [1.54, 1.807) is 26.1 Å². The van der Waals surface area contributed by atoms with E-state index in [0.29, 0.717) is 54.5 Å². The minimum absolute atomic E-state index is 0.188. The van der Waals surface area contributed by atoms with E-state index >= 15 is 0 Å². The second-order valence-corrected chi connectivity index (χ2v) is 8.87. The predicted molar refractivity (Wildman–Crippen MR) is 130 cm³/mol. The van der Waals surface area contributed by atoms with Gasteiger partial charge in [0.1, 0.15) is 17.0 Å². The van der Waals surface area contributed by atoms with Crippen LogP contribution in [0.5, 0.6) is 0 Å². The van der Waals surface area contributed by atoms with Gasteiger partial charge in [0.25, 0.3) is 5.56 Å². The molecule has 4 aromatic rings. The molecule has 5 heterocycles. The lowest BCUT2D eigenvalue weighted by Gasteiger charge is -2.37. The fourth-order valence-corrected chi connectivity index (χ4v) is 4.55. The lowest BCUT2D eigenvalue weighted by molar-refractivity contribution is -0.138. The molecule has 1 aliphatic rings. The number of anilines is 2. The summed E-state index contributed by atoms with van der Waals surface area (Å²) in [7, 11) is 0. The van der Waals surface area contributed by atoms with Crippen LogP contribution in [0.1, 0.15) is 22.6 Å². The van der Waals surface area contributed by atoms with Crippen molar-refractivity contribution in [2.24, 2.45) is 0 Å². The van der Waals surface area contributed by atoms with Crippen LogP contribution < -0.4 is 15.4 Å². The Bertz CT molecular complexity index is 1530. The van der Waals surface area contributed by atoms with Gasteiger partial charge in [-0.3, -0.25) is 24.3 Å². The summed E-state index contributed by atoms with van der Waals surface area (Å²) in [6.45, 7) is 4.96. The quantitative estimate of drug-likeness (QED) is 0.385. The standard InChI is InChI=1S/C25H23F4N7O/c1-15-12-32-19-11-22(35-8-6-34(7-9-35)21-10-17(26)13-31-16(21)2)24(37)36(23(19)33-15)14-20-18(25(27,28)29)4-3-5-30-20/h3-5,10-13H,6-9,14H2,1-2H3. The Balaban J connectivity index is 1.52. The highest BCUT2D eigenvalue weighted by molar-refractivity contribution is 5.75. The van der Waals surface area contributed by atoms with Crippen LogP contribution in [0.3, 0.4) is 0 Å². The molecule has 0 spiro atoms. The molecule has 1 saturated heterocycles. The smallest absolute Gasteiger partial charge is 0.366 e. The summed E-state index contributed by atoms with van der Waals surface area (Å²) in [5, 5.41) is 0. The summed E-state index contributed by atoms with van der Waals surface area (Å²) in [5.74, 6) is -0.429. The van der Waals surface area contributed by atoms with Crippen LogP contribution >= 0.6 is 0 Å². The average Bonchev–Trinajstić information content (AvgIpc) is 2.87. The zero-order chi connectivity index (χ0) is 26.3. The normalized spacial score (nSPS) is 14.4. The monoisotopic (exact) mass is 513 g/mol. The van der Waals surface area contributed by atoms with Gasteiger partial charge in [0.05, 0.1) is 41.1 Å². The van der Waals surface area contributed by atoms with Gasteiger partial charge in [-0.25, -0.2) is 9.37 Å². The summed E-state index contributed by atoms with van der Waals surface area (Å²) in [4.78, 5) is 34.3. The molecule has 5 rings (SSSR count). The SMILES string of the molecule is Cc1cnc2cc(N3CCN(c4cc(F)cnc4C)CC3)c(=O)n(Cc3ncccc3C(F)(F)F)c2n1. The Morgan fingerprint density at radius 3 is 2.35 bits per heavy atom. The van der Waals surface area contributed by atoms with E-state index in [0.717, 1.165) is 6.07 Å². The van der Waals surface area contributed by atoms with Crippen molar-refractivity contribution in [3.8, 4) is 0 Å². The van der Waals surface area contributed by atoms with Crippen molar-refractivity contribution >= 4 is 22.5 Å². The summed E-state index contributed by atoms with van der Waals surface area (Å²) in [6.07, 6.45) is -0.648. The number of halogens is 4. The molecule has 4 aromatic heterocycles. The number of fused-ring (bicyclic) bond motifs is 1. The number of rotatable bonds is 4. The van der Waals surface area contributed by atoms with Gasteiger partial charge in [0.2, 0.25) is 0 Å². The van der Waals surface area contributed by atoms with E-state index < -0.39 is 29.7 Å². The third-order valence-corrected chi connectivity index (χ3v) is 6.39. The Kier molecular flexibility index (Phi) is 6.26. The molecule has 0 saturated carbocycles. The zero-order valence-electron chi connectivity index (χ0n) is 20.1. The maximum atomic E-state index is 13.8. The van der Waals surface area contributed by atoms with Gasteiger partial charge in [0, 0.05) is 44.6 Å². The van der Waals surface area contributed by atoms with Crippen LogP contribution in [0.25, 0.3) is 11.2 Å². The van der Waals surface area contributed by atoms with Crippen LogP contribution in [-0.4, -0.2) is 50.7 Å². The van der Waals surface area contributed by atoms with Gasteiger partial charge in [-0.2, -0.15) is 13.2 Å². The average molecular weight is 513 g/mol.